The first kappa shape index (κ1) is 24.7. The Balaban J connectivity index is 1.51. The summed E-state index contributed by atoms with van der Waals surface area (Å²) >= 11 is 0. The monoisotopic (exact) mass is 483 g/mol. The zero-order valence-electron chi connectivity index (χ0n) is 20.7. The number of benzene rings is 3. The lowest BCUT2D eigenvalue weighted by Gasteiger charge is -2.11. The van der Waals surface area contributed by atoms with E-state index in [4.69, 9.17) is 9.47 Å². The minimum absolute atomic E-state index is 0.151. The van der Waals surface area contributed by atoms with Gasteiger partial charge in [0.05, 0.1) is 25.1 Å². The number of nitrogens with zero attached hydrogens (tertiary/aromatic N) is 2. The number of aryl methyl sites for hydroxylation is 1. The van der Waals surface area contributed by atoms with Crippen molar-refractivity contribution < 1.29 is 19.1 Å². The van der Waals surface area contributed by atoms with E-state index >= 15 is 0 Å². The molecule has 0 bridgehead atoms. The summed E-state index contributed by atoms with van der Waals surface area (Å²) in [4.78, 5) is 25.0. The van der Waals surface area contributed by atoms with Gasteiger partial charge in [0.1, 0.15) is 5.75 Å². The van der Waals surface area contributed by atoms with Crippen molar-refractivity contribution in [2.45, 2.75) is 20.3 Å². The predicted octanol–water partition coefficient (Wildman–Crippen LogP) is 5.01. The summed E-state index contributed by atoms with van der Waals surface area (Å²) in [5.41, 5.74) is 5.42. The molecule has 1 aromatic heterocycles. The molecule has 0 atom stereocenters. The normalized spacial score (nSPS) is 10.6. The number of methoxy groups -OCH3 is 1. The fourth-order valence-corrected chi connectivity index (χ4v) is 3.90. The molecule has 0 aliphatic rings. The van der Waals surface area contributed by atoms with Gasteiger partial charge >= 0.3 is 5.97 Å². The van der Waals surface area contributed by atoms with Crippen molar-refractivity contribution in [2.75, 3.05) is 20.3 Å². The molecule has 4 rings (SSSR count). The van der Waals surface area contributed by atoms with Crippen LogP contribution in [0.3, 0.4) is 0 Å². The average molecular weight is 484 g/mol. The Kier molecular flexibility index (Phi) is 7.80. The Hall–Kier alpha value is -4.39. The van der Waals surface area contributed by atoms with Crippen molar-refractivity contribution in [2.24, 2.45) is 0 Å². The number of nitrogens with one attached hydrogen (secondary N) is 1. The molecule has 0 aliphatic carbocycles. The van der Waals surface area contributed by atoms with Gasteiger partial charge in [0.25, 0.3) is 5.91 Å². The molecule has 1 heterocycles. The summed E-state index contributed by atoms with van der Waals surface area (Å²) < 4.78 is 12.0. The lowest BCUT2D eigenvalue weighted by atomic mass is 10.1. The van der Waals surface area contributed by atoms with Crippen LogP contribution < -0.4 is 10.1 Å². The highest BCUT2D eigenvalue weighted by atomic mass is 16.5. The lowest BCUT2D eigenvalue weighted by molar-refractivity contribution is 0.0518. The number of rotatable bonds is 9. The quantitative estimate of drug-likeness (QED) is 0.339. The Labute approximate surface area is 210 Å². The van der Waals surface area contributed by atoms with Crippen LogP contribution in [-0.4, -0.2) is 41.9 Å². The van der Waals surface area contributed by atoms with Crippen molar-refractivity contribution in [1.82, 2.24) is 15.1 Å². The highest BCUT2D eigenvalue weighted by Crippen LogP contribution is 2.27. The van der Waals surface area contributed by atoms with Crippen LogP contribution in [-0.2, 0) is 11.2 Å². The maximum atomic E-state index is 12.7. The molecular formula is C29H29N3O4. The van der Waals surface area contributed by atoms with Crippen molar-refractivity contribution in [3.05, 3.63) is 101 Å². The molecule has 0 saturated carbocycles. The van der Waals surface area contributed by atoms with Gasteiger partial charge < -0.3 is 14.8 Å². The van der Waals surface area contributed by atoms with E-state index in [9.17, 15) is 9.59 Å². The third-order valence-corrected chi connectivity index (χ3v) is 5.85. The van der Waals surface area contributed by atoms with E-state index in [1.807, 2.05) is 67.6 Å². The highest BCUT2D eigenvalue weighted by molar-refractivity contribution is 5.94. The Morgan fingerprint density at radius 3 is 2.36 bits per heavy atom. The minimum atomic E-state index is -0.473. The Bertz CT molecular complexity index is 1340. The molecule has 3 aromatic carbocycles. The second-order valence-corrected chi connectivity index (χ2v) is 8.26. The SMILES string of the molecule is CCOC(=O)c1cc(-c2ccccc2C)n(-c2ccc(C(=O)NCCc3ccc(OC)cc3)cc2)n1. The van der Waals surface area contributed by atoms with Crippen molar-refractivity contribution >= 4 is 11.9 Å². The summed E-state index contributed by atoms with van der Waals surface area (Å²) in [7, 11) is 1.63. The fraction of sp³-hybridized carbons (Fsp3) is 0.207. The number of aromatic nitrogens is 2. The lowest BCUT2D eigenvalue weighted by Crippen LogP contribution is -2.25. The van der Waals surface area contributed by atoms with Crippen LogP contribution in [0.4, 0.5) is 0 Å². The van der Waals surface area contributed by atoms with E-state index in [0.29, 0.717) is 12.1 Å². The number of ether oxygens (including phenoxy) is 2. The molecule has 4 aromatic rings. The van der Waals surface area contributed by atoms with Crippen LogP contribution >= 0.6 is 0 Å². The minimum Gasteiger partial charge on any atom is -0.497 e. The van der Waals surface area contributed by atoms with Crippen LogP contribution in [0.2, 0.25) is 0 Å². The molecule has 1 amide bonds. The molecule has 0 radical (unpaired) electrons. The molecule has 1 N–H and O–H groups in total. The van der Waals surface area contributed by atoms with E-state index < -0.39 is 5.97 Å². The van der Waals surface area contributed by atoms with Gasteiger partial charge in [-0.15, -0.1) is 0 Å². The topological polar surface area (TPSA) is 82.5 Å². The molecule has 0 saturated heterocycles. The smallest absolute Gasteiger partial charge is 0.358 e. The molecule has 184 valence electrons. The van der Waals surface area contributed by atoms with Crippen molar-refractivity contribution in [1.29, 1.82) is 0 Å². The number of esters is 1. The van der Waals surface area contributed by atoms with E-state index in [0.717, 1.165) is 40.2 Å². The molecule has 0 aliphatic heterocycles. The van der Waals surface area contributed by atoms with Gasteiger partial charge in [-0.3, -0.25) is 4.79 Å². The van der Waals surface area contributed by atoms with Crippen LogP contribution in [0, 0.1) is 6.92 Å². The largest absolute Gasteiger partial charge is 0.497 e. The molecule has 36 heavy (non-hydrogen) atoms. The summed E-state index contributed by atoms with van der Waals surface area (Å²) in [5.74, 6) is 0.181. The number of amides is 1. The average Bonchev–Trinajstić information content (AvgIpc) is 3.35. The molecule has 7 nitrogen and oxygen atoms in total. The second-order valence-electron chi connectivity index (χ2n) is 8.26. The predicted molar refractivity (Wildman–Crippen MR) is 139 cm³/mol. The van der Waals surface area contributed by atoms with Crippen molar-refractivity contribution in [3.63, 3.8) is 0 Å². The van der Waals surface area contributed by atoms with E-state index in [1.54, 1.807) is 36.9 Å². The molecule has 0 fully saturated rings. The summed E-state index contributed by atoms with van der Waals surface area (Å²) in [6.07, 6.45) is 0.720. The molecular weight excluding hydrogens is 454 g/mol. The van der Waals surface area contributed by atoms with Gasteiger partial charge in [0.2, 0.25) is 0 Å². The molecule has 0 unspecified atom stereocenters. The fourth-order valence-electron chi connectivity index (χ4n) is 3.90. The first-order valence-electron chi connectivity index (χ1n) is 11.8. The van der Waals surface area contributed by atoms with E-state index in [-0.39, 0.29) is 18.2 Å². The summed E-state index contributed by atoms with van der Waals surface area (Å²) in [5, 5.41) is 7.48. The number of hydrogen-bond acceptors (Lipinski definition) is 5. The van der Waals surface area contributed by atoms with Gasteiger partial charge in [-0.2, -0.15) is 5.10 Å². The third kappa shape index (κ3) is 5.63. The summed E-state index contributed by atoms with van der Waals surface area (Å²) in [6.45, 7) is 4.56. The van der Waals surface area contributed by atoms with Crippen LogP contribution in [0.5, 0.6) is 5.75 Å². The van der Waals surface area contributed by atoms with Gasteiger partial charge in [-0.05, 0) is 73.9 Å². The first-order valence-corrected chi connectivity index (χ1v) is 11.8. The zero-order valence-corrected chi connectivity index (χ0v) is 20.7. The van der Waals surface area contributed by atoms with Crippen LogP contribution in [0.15, 0.2) is 78.9 Å². The highest BCUT2D eigenvalue weighted by Gasteiger charge is 2.19. The van der Waals surface area contributed by atoms with Gasteiger partial charge in [-0.1, -0.05) is 36.4 Å². The first-order chi connectivity index (χ1) is 17.5. The van der Waals surface area contributed by atoms with Crippen LogP contribution in [0.25, 0.3) is 16.9 Å². The van der Waals surface area contributed by atoms with Crippen molar-refractivity contribution in [3.8, 4) is 22.7 Å². The Morgan fingerprint density at radius 1 is 0.972 bits per heavy atom. The standard InChI is InChI=1S/C29H29N3O4/c1-4-36-29(34)26-19-27(25-8-6-5-7-20(25)2)32(31-26)23-13-11-22(12-14-23)28(33)30-18-17-21-9-15-24(35-3)16-10-21/h5-16,19H,4,17-18H2,1-3H3,(H,30,33). The van der Waals surface area contributed by atoms with Crippen LogP contribution in [0.1, 0.15) is 38.9 Å². The molecule has 7 heteroatoms. The maximum Gasteiger partial charge on any atom is 0.358 e. The van der Waals surface area contributed by atoms with Gasteiger partial charge in [0.15, 0.2) is 5.69 Å². The third-order valence-electron chi connectivity index (χ3n) is 5.85. The number of carbonyl (C=O) groups is 2. The number of carbonyl (C=O) groups excluding carboxylic acids is 2. The van der Waals surface area contributed by atoms with Gasteiger partial charge in [-0.25, -0.2) is 9.48 Å². The summed E-state index contributed by atoms with van der Waals surface area (Å²) in [6, 6.07) is 24.6. The number of hydrogen-bond donors (Lipinski definition) is 1. The second kappa shape index (κ2) is 11.4. The van der Waals surface area contributed by atoms with E-state index in [1.165, 1.54) is 0 Å². The molecule has 0 spiro atoms. The Morgan fingerprint density at radius 2 is 1.69 bits per heavy atom. The maximum absolute atomic E-state index is 12.7. The zero-order chi connectivity index (χ0) is 25.5. The van der Waals surface area contributed by atoms with Gasteiger partial charge in [0, 0.05) is 17.7 Å². The van der Waals surface area contributed by atoms with E-state index in [2.05, 4.69) is 10.4 Å².